The van der Waals surface area contributed by atoms with Gasteiger partial charge in [-0.15, -0.1) is 6.58 Å². The number of nitrogens with zero attached hydrogens (tertiary/aromatic N) is 3. The van der Waals surface area contributed by atoms with Gasteiger partial charge in [0.25, 0.3) is 0 Å². The summed E-state index contributed by atoms with van der Waals surface area (Å²) in [5, 5.41) is 1.11. The molecule has 1 aliphatic carbocycles. The van der Waals surface area contributed by atoms with Crippen LogP contribution in [0.5, 0.6) is 0 Å². The fourth-order valence-corrected chi connectivity index (χ4v) is 8.01. The van der Waals surface area contributed by atoms with Crippen LogP contribution in [0.1, 0.15) is 71.9 Å². The molecule has 42 heavy (non-hydrogen) atoms. The third-order valence-electron chi connectivity index (χ3n) is 9.95. The van der Waals surface area contributed by atoms with Gasteiger partial charge in [0.1, 0.15) is 16.7 Å². The summed E-state index contributed by atoms with van der Waals surface area (Å²) < 4.78 is 9.14. The van der Waals surface area contributed by atoms with Gasteiger partial charge in [-0.05, 0) is 48.1 Å². The van der Waals surface area contributed by atoms with Crippen LogP contribution < -0.4 is 4.57 Å². The first-order chi connectivity index (χ1) is 20.7. The number of aromatic nitrogens is 2. The molecule has 0 spiro atoms. The highest BCUT2D eigenvalue weighted by molar-refractivity contribution is 6.11. The quantitative estimate of drug-likeness (QED) is 0.162. The molecule has 1 fully saturated rings. The average molecular weight is 551 g/mol. The summed E-state index contributed by atoms with van der Waals surface area (Å²) in [5.41, 5.74) is 12.3. The van der Waals surface area contributed by atoms with Gasteiger partial charge in [-0.1, -0.05) is 81.2 Å². The van der Waals surface area contributed by atoms with Crippen molar-refractivity contribution in [2.24, 2.45) is 10.9 Å². The number of fused-ring (bicyclic) bond motifs is 8. The van der Waals surface area contributed by atoms with Crippen LogP contribution in [0.2, 0.25) is 0 Å². The first-order valence-electron chi connectivity index (χ1n) is 15.4. The molecular formula is C38H36N3O+. The highest BCUT2D eigenvalue weighted by Gasteiger charge is 2.49. The van der Waals surface area contributed by atoms with Gasteiger partial charge < -0.3 is 4.42 Å². The third kappa shape index (κ3) is 3.77. The largest absolute Gasteiger partial charge is 0.453 e. The van der Waals surface area contributed by atoms with Crippen LogP contribution >= 0.6 is 0 Å². The topological polar surface area (TPSA) is 42.3 Å². The van der Waals surface area contributed by atoms with E-state index in [0.29, 0.717) is 0 Å². The minimum absolute atomic E-state index is 0.00389. The second-order valence-corrected chi connectivity index (χ2v) is 12.4. The highest BCUT2D eigenvalue weighted by atomic mass is 16.3. The maximum Gasteiger partial charge on any atom is 0.217 e. The fourth-order valence-electron chi connectivity index (χ4n) is 8.01. The van der Waals surface area contributed by atoms with Crippen molar-refractivity contribution in [2.75, 3.05) is 0 Å². The van der Waals surface area contributed by atoms with Crippen LogP contribution in [0.4, 0.5) is 0 Å². The number of hydrogen-bond acceptors (Lipinski definition) is 3. The molecule has 3 aromatic heterocycles. The molecule has 4 nitrogen and oxygen atoms in total. The van der Waals surface area contributed by atoms with Gasteiger partial charge in [0, 0.05) is 29.3 Å². The molecule has 208 valence electrons. The molecule has 0 bridgehead atoms. The zero-order valence-corrected chi connectivity index (χ0v) is 24.2. The Balaban J connectivity index is 1.37. The molecule has 2 aliphatic heterocycles. The Hall–Kier alpha value is -4.31. The van der Waals surface area contributed by atoms with E-state index in [4.69, 9.17) is 14.4 Å². The summed E-state index contributed by atoms with van der Waals surface area (Å²) in [5.74, 6) is 0.828. The average Bonchev–Trinajstić information content (AvgIpc) is 3.57. The lowest BCUT2D eigenvalue weighted by Crippen LogP contribution is -2.45. The molecule has 0 N–H and O–H groups in total. The van der Waals surface area contributed by atoms with Crippen LogP contribution in [0.3, 0.4) is 0 Å². The van der Waals surface area contributed by atoms with E-state index in [9.17, 15) is 0 Å². The summed E-state index contributed by atoms with van der Waals surface area (Å²) >= 11 is 0. The lowest BCUT2D eigenvalue weighted by molar-refractivity contribution is -0.701. The molecule has 1 saturated carbocycles. The summed E-state index contributed by atoms with van der Waals surface area (Å²) in [6.07, 6.45) is 16.2. The van der Waals surface area contributed by atoms with Crippen LogP contribution in [-0.2, 0) is 6.42 Å². The van der Waals surface area contributed by atoms with Crippen LogP contribution in [-0.4, -0.2) is 16.7 Å². The number of pyridine rings is 2. The summed E-state index contributed by atoms with van der Waals surface area (Å²) in [7, 11) is 0. The number of aryl methyl sites for hydroxylation is 1. The van der Waals surface area contributed by atoms with E-state index in [-0.39, 0.29) is 18.0 Å². The molecule has 0 amide bonds. The van der Waals surface area contributed by atoms with Gasteiger partial charge in [0.2, 0.25) is 5.69 Å². The Labute approximate surface area is 247 Å². The number of benzene rings is 2. The second kappa shape index (κ2) is 9.90. The lowest BCUT2D eigenvalue weighted by Gasteiger charge is -2.31. The van der Waals surface area contributed by atoms with Gasteiger partial charge >= 0.3 is 0 Å². The van der Waals surface area contributed by atoms with Crippen molar-refractivity contribution in [3.8, 4) is 11.3 Å². The predicted octanol–water partition coefficient (Wildman–Crippen LogP) is 8.60. The first kappa shape index (κ1) is 25.4. The molecular weight excluding hydrogens is 514 g/mol. The second-order valence-electron chi connectivity index (χ2n) is 12.4. The summed E-state index contributed by atoms with van der Waals surface area (Å²) in [6, 6.07) is 19.6. The van der Waals surface area contributed by atoms with Crippen LogP contribution in [0.15, 0.2) is 102 Å². The zero-order chi connectivity index (χ0) is 28.4. The number of furan rings is 1. The monoisotopic (exact) mass is 550 g/mol. The van der Waals surface area contributed by atoms with E-state index in [0.717, 1.165) is 45.7 Å². The minimum Gasteiger partial charge on any atom is -0.453 e. The Bertz CT molecular complexity index is 1920. The normalized spacial score (nSPS) is 21.5. The van der Waals surface area contributed by atoms with Crippen molar-refractivity contribution in [1.82, 2.24) is 4.98 Å². The summed E-state index contributed by atoms with van der Waals surface area (Å²) in [6.45, 7) is 10.5. The molecule has 3 aliphatic rings. The molecule has 3 atom stereocenters. The first-order valence-corrected chi connectivity index (χ1v) is 15.4. The maximum atomic E-state index is 6.68. The van der Waals surface area contributed by atoms with Gasteiger partial charge in [0.15, 0.2) is 17.8 Å². The Morgan fingerprint density at radius 1 is 1.00 bits per heavy atom. The molecule has 8 rings (SSSR count). The SMILES string of the molecule is C=CC1=NC(C=C)C(C2c3cnc4c(oc5cccc(C)c54)c3-c3cc(CC4CCCCC4)cc[n+]32)c2ccccc21. The van der Waals surface area contributed by atoms with Crippen molar-refractivity contribution >= 4 is 27.8 Å². The molecule has 0 radical (unpaired) electrons. The van der Waals surface area contributed by atoms with Gasteiger partial charge in [-0.2, -0.15) is 4.57 Å². The Kier molecular flexibility index (Phi) is 5.99. The highest BCUT2D eigenvalue weighted by Crippen LogP contribution is 2.49. The number of hydrogen-bond donors (Lipinski definition) is 0. The van der Waals surface area contributed by atoms with Gasteiger partial charge in [-0.3, -0.25) is 9.98 Å². The molecule has 0 saturated heterocycles. The minimum atomic E-state index is -0.0975. The van der Waals surface area contributed by atoms with Gasteiger partial charge in [-0.25, -0.2) is 0 Å². The van der Waals surface area contributed by atoms with Crippen LogP contribution in [0.25, 0.3) is 33.3 Å². The van der Waals surface area contributed by atoms with Crippen molar-refractivity contribution in [3.63, 3.8) is 0 Å². The standard InChI is InChI=1S/C38H36N3O/c1-4-29-26-15-9-10-16-27(26)34(30(5-2)40-29)37-28-22-39-36-33-23(3)12-11-17-32(33)42-38(36)35(28)31-21-25(18-19-41(31)37)20-24-13-7-6-8-14-24/h4-5,9-12,15-19,21-22,24,30,34,37H,1-2,6-8,13-14,20H2,3H3/q+1. The molecule has 5 aromatic rings. The van der Waals surface area contributed by atoms with E-state index in [1.807, 2.05) is 12.2 Å². The van der Waals surface area contributed by atoms with E-state index < -0.39 is 0 Å². The lowest BCUT2D eigenvalue weighted by atomic mass is 9.77. The van der Waals surface area contributed by atoms with E-state index in [2.05, 4.69) is 91.6 Å². The number of aliphatic imine (C=N–C) groups is 1. The fraction of sp³-hybridized carbons (Fsp3) is 0.289. The van der Waals surface area contributed by atoms with Crippen molar-refractivity contribution in [3.05, 3.63) is 120 Å². The predicted molar refractivity (Wildman–Crippen MR) is 170 cm³/mol. The smallest absolute Gasteiger partial charge is 0.217 e. The molecule has 3 unspecified atom stereocenters. The van der Waals surface area contributed by atoms with Crippen molar-refractivity contribution in [2.45, 2.75) is 63.5 Å². The third-order valence-corrected chi connectivity index (χ3v) is 9.95. The zero-order valence-electron chi connectivity index (χ0n) is 24.2. The van der Waals surface area contributed by atoms with E-state index in [1.165, 1.54) is 65.6 Å². The van der Waals surface area contributed by atoms with Gasteiger partial charge in [0.05, 0.1) is 23.2 Å². The maximum absolute atomic E-state index is 6.68. The van der Waals surface area contributed by atoms with Crippen LogP contribution in [0, 0.1) is 12.8 Å². The Morgan fingerprint density at radius 3 is 2.69 bits per heavy atom. The summed E-state index contributed by atoms with van der Waals surface area (Å²) in [4.78, 5) is 10.3. The Morgan fingerprint density at radius 2 is 1.86 bits per heavy atom. The number of rotatable bonds is 5. The molecule has 4 heteroatoms. The van der Waals surface area contributed by atoms with E-state index >= 15 is 0 Å². The van der Waals surface area contributed by atoms with Crippen molar-refractivity contribution < 1.29 is 8.98 Å². The number of allylic oxidation sites excluding steroid dienone is 1. The molecule has 5 heterocycles. The molecule has 2 aromatic carbocycles. The van der Waals surface area contributed by atoms with E-state index in [1.54, 1.807) is 0 Å². The van der Waals surface area contributed by atoms with Crippen molar-refractivity contribution in [1.29, 1.82) is 0 Å².